The molecule has 5 nitrogen and oxygen atoms in total. The highest BCUT2D eigenvalue weighted by Crippen LogP contribution is 2.22. The number of carbonyl (C=O) groups is 1. The topological polar surface area (TPSA) is 70.1 Å². The number of rotatable bonds is 9. The number of nitrogens with two attached hydrogens (primary N) is 1. The number of ether oxygens (including phenoxy) is 1. The van der Waals surface area contributed by atoms with E-state index in [0.29, 0.717) is 18.8 Å². The maximum atomic E-state index is 12.5. The van der Waals surface area contributed by atoms with Crippen LogP contribution in [0.4, 0.5) is 0 Å². The molecule has 6 heteroatoms. The lowest BCUT2D eigenvalue weighted by Crippen LogP contribution is -2.20. The molecule has 0 fully saturated rings. The Morgan fingerprint density at radius 2 is 2.20 bits per heavy atom. The first-order valence-corrected chi connectivity index (χ1v) is 7.76. The predicted octanol–water partition coefficient (Wildman–Crippen LogP) is 2.63. The number of hydrogen-bond acceptors (Lipinski definition) is 4. The van der Waals surface area contributed by atoms with Crippen molar-refractivity contribution in [3.05, 3.63) is 16.4 Å². The van der Waals surface area contributed by atoms with Gasteiger partial charge in [0, 0.05) is 19.1 Å². The van der Waals surface area contributed by atoms with Gasteiger partial charge in [0.05, 0.1) is 23.8 Å². The van der Waals surface area contributed by atoms with Crippen molar-refractivity contribution in [3.8, 4) is 0 Å². The number of nitrogens with zero attached hydrogens (tertiary/aromatic N) is 2. The fourth-order valence-corrected chi connectivity index (χ4v) is 2.56. The molecule has 2 unspecified atom stereocenters. The number of halogens is 1. The summed E-state index contributed by atoms with van der Waals surface area (Å²) in [4.78, 5) is 12.5. The van der Waals surface area contributed by atoms with E-state index in [-0.39, 0.29) is 17.7 Å². The second-order valence-corrected chi connectivity index (χ2v) is 6.08. The van der Waals surface area contributed by atoms with Crippen LogP contribution in [-0.4, -0.2) is 35.3 Å². The van der Waals surface area contributed by atoms with Crippen molar-refractivity contribution in [2.24, 2.45) is 11.7 Å². The molecule has 1 heterocycles. The summed E-state index contributed by atoms with van der Waals surface area (Å²) in [5, 5.41) is 4.21. The van der Waals surface area contributed by atoms with Gasteiger partial charge in [-0.3, -0.25) is 9.48 Å². The maximum Gasteiger partial charge on any atom is 0.184 e. The maximum absolute atomic E-state index is 12.5. The average Bonchev–Trinajstić information content (AvgIpc) is 2.76. The minimum absolute atomic E-state index is 0.0250. The molecule has 0 aliphatic carbocycles. The molecule has 0 bridgehead atoms. The van der Waals surface area contributed by atoms with Gasteiger partial charge < -0.3 is 10.5 Å². The van der Waals surface area contributed by atoms with Crippen molar-refractivity contribution < 1.29 is 9.53 Å². The van der Waals surface area contributed by atoms with Gasteiger partial charge in [0.1, 0.15) is 5.69 Å². The Hall–Kier alpha value is -0.720. The summed E-state index contributed by atoms with van der Waals surface area (Å²) >= 11 is 3.40. The fourth-order valence-electron chi connectivity index (χ4n) is 2.07. The highest BCUT2D eigenvalue weighted by molar-refractivity contribution is 9.10. The first-order valence-electron chi connectivity index (χ1n) is 6.97. The molecular formula is C14H24BrN3O2. The van der Waals surface area contributed by atoms with Gasteiger partial charge in [-0.05, 0) is 35.7 Å². The third kappa shape index (κ3) is 5.00. The van der Waals surface area contributed by atoms with Crippen LogP contribution in [0.3, 0.4) is 0 Å². The lowest BCUT2D eigenvalue weighted by molar-refractivity contribution is 0.0906. The van der Waals surface area contributed by atoms with Crippen LogP contribution in [-0.2, 0) is 11.3 Å². The van der Waals surface area contributed by atoms with Crippen molar-refractivity contribution in [3.63, 3.8) is 0 Å². The summed E-state index contributed by atoms with van der Waals surface area (Å²) in [7, 11) is 1.64. The van der Waals surface area contributed by atoms with E-state index in [1.165, 1.54) is 0 Å². The van der Waals surface area contributed by atoms with Gasteiger partial charge >= 0.3 is 0 Å². The summed E-state index contributed by atoms with van der Waals surface area (Å²) < 4.78 is 7.49. The van der Waals surface area contributed by atoms with Crippen LogP contribution in [0.25, 0.3) is 0 Å². The van der Waals surface area contributed by atoms with Crippen LogP contribution in [0.2, 0.25) is 0 Å². The fraction of sp³-hybridized carbons (Fsp3) is 0.714. The van der Waals surface area contributed by atoms with Crippen molar-refractivity contribution in [2.75, 3.05) is 13.7 Å². The molecule has 0 aliphatic rings. The van der Waals surface area contributed by atoms with E-state index in [1.54, 1.807) is 18.0 Å². The van der Waals surface area contributed by atoms with Gasteiger partial charge in [0.15, 0.2) is 5.78 Å². The van der Waals surface area contributed by atoms with Gasteiger partial charge in [0.25, 0.3) is 0 Å². The van der Waals surface area contributed by atoms with Crippen LogP contribution in [0, 0.1) is 5.92 Å². The Morgan fingerprint density at radius 3 is 2.80 bits per heavy atom. The molecule has 0 saturated heterocycles. The lowest BCUT2D eigenvalue weighted by atomic mass is 9.96. The zero-order valence-corrected chi connectivity index (χ0v) is 14.0. The van der Waals surface area contributed by atoms with Crippen molar-refractivity contribution in [1.82, 2.24) is 9.78 Å². The molecule has 0 aromatic carbocycles. The van der Waals surface area contributed by atoms with Crippen LogP contribution in [0.1, 0.15) is 43.6 Å². The Labute approximate surface area is 129 Å². The Kier molecular flexibility index (Phi) is 7.40. The molecule has 20 heavy (non-hydrogen) atoms. The molecule has 1 rings (SSSR count). The van der Waals surface area contributed by atoms with E-state index in [0.717, 1.165) is 23.7 Å². The highest BCUT2D eigenvalue weighted by Gasteiger charge is 2.22. The summed E-state index contributed by atoms with van der Waals surface area (Å²) in [5.41, 5.74) is 6.37. The van der Waals surface area contributed by atoms with E-state index in [9.17, 15) is 4.79 Å². The summed E-state index contributed by atoms with van der Waals surface area (Å²) in [6, 6.07) is 0.191. The molecule has 2 N–H and O–H groups in total. The smallest absolute Gasteiger partial charge is 0.184 e. The van der Waals surface area contributed by atoms with Crippen molar-refractivity contribution >= 4 is 21.7 Å². The highest BCUT2D eigenvalue weighted by atomic mass is 79.9. The molecule has 1 aromatic heterocycles. The standard InChI is InChI=1S/C14H24BrN3O2/c1-10(5-4-6-11(2)16)14(19)13-12(15)9-17-18(13)7-8-20-3/h9-11H,4-8,16H2,1-3H3. The van der Waals surface area contributed by atoms with Crippen molar-refractivity contribution in [1.29, 1.82) is 0 Å². The Morgan fingerprint density at radius 1 is 1.50 bits per heavy atom. The van der Waals surface area contributed by atoms with Gasteiger partial charge in [-0.1, -0.05) is 13.3 Å². The second-order valence-electron chi connectivity index (χ2n) is 5.23. The molecule has 114 valence electrons. The monoisotopic (exact) mass is 345 g/mol. The van der Waals surface area contributed by atoms with Gasteiger partial charge in [-0.25, -0.2) is 0 Å². The lowest BCUT2D eigenvalue weighted by Gasteiger charge is -2.13. The molecule has 0 amide bonds. The molecular weight excluding hydrogens is 322 g/mol. The van der Waals surface area contributed by atoms with Crippen LogP contribution in [0.5, 0.6) is 0 Å². The minimum atomic E-state index is -0.0250. The number of aromatic nitrogens is 2. The third-order valence-corrected chi connectivity index (χ3v) is 3.86. The average molecular weight is 346 g/mol. The minimum Gasteiger partial charge on any atom is -0.383 e. The SMILES string of the molecule is COCCn1ncc(Br)c1C(=O)C(C)CCCC(C)N. The number of methoxy groups -OCH3 is 1. The third-order valence-electron chi connectivity index (χ3n) is 3.28. The molecule has 0 spiro atoms. The van der Waals surface area contributed by atoms with E-state index < -0.39 is 0 Å². The van der Waals surface area contributed by atoms with E-state index >= 15 is 0 Å². The van der Waals surface area contributed by atoms with Crippen molar-refractivity contribution in [2.45, 2.75) is 45.7 Å². The first-order chi connectivity index (χ1) is 9.47. The van der Waals surface area contributed by atoms with E-state index in [1.807, 2.05) is 13.8 Å². The number of hydrogen-bond donors (Lipinski definition) is 1. The number of Topliss-reactive ketones (excluding diaryl/α,β-unsaturated/α-hetero) is 1. The number of ketones is 1. The molecule has 1 aromatic rings. The zero-order valence-electron chi connectivity index (χ0n) is 12.4. The molecule has 2 atom stereocenters. The molecule has 0 aliphatic heterocycles. The summed E-state index contributed by atoms with van der Waals surface area (Å²) in [5.74, 6) is 0.0956. The normalized spacial score (nSPS) is 14.2. The van der Waals surface area contributed by atoms with E-state index in [2.05, 4.69) is 21.0 Å². The second kappa shape index (κ2) is 8.54. The Bertz CT molecular complexity index is 432. The first kappa shape index (κ1) is 17.3. The quantitative estimate of drug-likeness (QED) is 0.698. The number of carbonyl (C=O) groups excluding carboxylic acids is 1. The van der Waals surface area contributed by atoms with E-state index in [4.69, 9.17) is 10.5 Å². The molecule has 0 radical (unpaired) electrons. The van der Waals surface area contributed by atoms with Crippen LogP contribution in [0.15, 0.2) is 10.7 Å². The van der Waals surface area contributed by atoms with Crippen LogP contribution >= 0.6 is 15.9 Å². The Balaban J connectivity index is 2.67. The van der Waals surface area contributed by atoms with Crippen LogP contribution < -0.4 is 5.73 Å². The van der Waals surface area contributed by atoms with Gasteiger partial charge in [-0.15, -0.1) is 0 Å². The molecule has 0 saturated carbocycles. The summed E-state index contributed by atoms with van der Waals surface area (Å²) in [6.07, 6.45) is 4.43. The summed E-state index contributed by atoms with van der Waals surface area (Å²) in [6.45, 7) is 5.07. The van der Waals surface area contributed by atoms with Gasteiger partial charge in [-0.2, -0.15) is 5.10 Å². The largest absolute Gasteiger partial charge is 0.383 e. The van der Waals surface area contributed by atoms with Gasteiger partial charge in [0.2, 0.25) is 0 Å². The zero-order chi connectivity index (χ0) is 15.1. The predicted molar refractivity (Wildman–Crippen MR) is 82.8 cm³/mol.